The lowest BCUT2D eigenvalue weighted by molar-refractivity contribution is -0.119. The second kappa shape index (κ2) is 10.0. The minimum absolute atomic E-state index is 0.0230. The molecule has 0 saturated carbocycles. The molecule has 0 aliphatic heterocycles. The van der Waals surface area contributed by atoms with Crippen LogP contribution in [0.15, 0.2) is 63.9 Å². The van der Waals surface area contributed by atoms with E-state index in [4.69, 9.17) is 9.15 Å². The molecule has 178 valence electrons. The second-order valence-electron chi connectivity index (χ2n) is 7.69. The summed E-state index contributed by atoms with van der Waals surface area (Å²) in [6, 6.07) is 14.1. The van der Waals surface area contributed by atoms with Crippen molar-refractivity contribution in [1.82, 2.24) is 4.31 Å². The topological polar surface area (TPSA) is 123 Å². The SMILES string of the molecule is CC(=O)c1ccc(-c2ccc(C(=O)OCC(=O)Nc3cc(S(=O)(=O)N(C)C)ccc3C)o2)cc1. The van der Waals surface area contributed by atoms with E-state index in [1.807, 2.05) is 0 Å². The first-order chi connectivity index (χ1) is 16.0. The molecular weight excluding hydrogens is 460 g/mol. The van der Waals surface area contributed by atoms with E-state index in [0.717, 1.165) is 4.31 Å². The minimum Gasteiger partial charge on any atom is -0.450 e. The molecule has 2 aromatic carbocycles. The highest BCUT2D eigenvalue weighted by molar-refractivity contribution is 7.89. The zero-order chi connectivity index (χ0) is 25.0. The minimum atomic E-state index is -3.67. The maximum Gasteiger partial charge on any atom is 0.374 e. The number of amides is 1. The number of ether oxygens (including phenoxy) is 1. The third-order valence-corrected chi connectivity index (χ3v) is 6.79. The number of ketones is 1. The highest BCUT2D eigenvalue weighted by Crippen LogP contribution is 2.24. The smallest absolute Gasteiger partial charge is 0.374 e. The fourth-order valence-electron chi connectivity index (χ4n) is 2.97. The summed E-state index contributed by atoms with van der Waals surface area (Å²) in [5.41, 5.74) is 2.16. The van der Waals surface area contributed by atoms with Crippen LogP contribution >= 0.6 is 0 Å². The Labute approximate surface area is 197 Å². The van der Waals surface area contributed by atoms with Gasteiger partial charge in [-0.2, -0.15) is 0 Å². The number of Topliss-reactive ketones (excluding diaryl/α,β-unsaturated/α-hetero) is 1. The number of rotatable bonds is 8. The van der Waals surface area contributed by atoms with Crippen LogP contribution in [0.2, 0.25) is 0 Å². The third kappa shape index (κ3) is 5.59. The zero-order valence-electron chi connectivity index (χ0n) is 19.1. The van der Waals surface area contributed by atoms with Crippen LogP contribution in [0.1, 0.15) is 33.4 Å². The molecule has 1 aromatic heterocycles. The number of nitrogens with one attached hydrogen (secondary N) is 1. The average molecular weight is 485 g/mol. The molecule has 3 aromatic rings. The summed E-state index contributed by atoms with van der Waals surface area (Å²) in [4.78, 5) is 36.0. The Morgan fingerprint density at radius 1 is 1.00 bits per heavy atom. The van der Waals surface area contributed by atoms with Crippen LogP contribution in [0.4, 0.5) is 5.69 Å². The van der Waals surface area contributed by atoms with Crippen molar-refractivity contribution in [1.29, 1.82) is 0 Å². The van der Waals surface area contributed by atoms with E-state index in [1.165, 1.54) is 39.2 Å². The van der Waals surface area contributed by atoms with Crippen molar-refractivity contribution in [2.75, 3.05) is 26.0 Å². The zero-order valence-corrected chi connectivity index (χ0v) is 19.9. The fourth-order valence-corrected chi connectivity index (χ4v) is 3.90. The van der Waals surface area contributed by atoms with E-state index in [9.17, 15) is 22.8 Å². The van der Waals surface area contributed by atoms with Crippen LogP contribution in [-0.4, -0.2) is 51.1 Å². The maximum absolute atomic E-state index is 12.3. The predicted octanol–water partition coefficient (Wildman–Crippen LogP) is 3.50. The Hall–Kier alpha value is -3.76. The van der Waals surface area contributed by atoms with Crippen LogP contribution in [0, 0.1) is 6.92 Å². The van der Waals surface area contributed by atoms with Gasteiger partial charge in [0.15, 0.2) is 12.4 Å². The van der Waals surface area contributed by atoms with Crippen molar-refractivity contribution in [3.05, 3.63) is 71.5 Å². The first-order valence-corrected chi connectivity index (χ1v) is 11.6. The number of aryl methyl sites for hydroxylation is 1. The summed E-state index contributed by atoms with van der Waals surface area (Å²) in [7, 11) is -0.852. The molecule has 0 bridgehead atoms. The number of nitrogens with zero attached hydrogens (tertiary/aromatic N) is 1. The summed E-state index contributed by atoms with van der Waals surface area (Å²) in [5.74, 6) is -1.21. The van der Waals surface area contributed by atoms with Gasteiger partial charge in [-0.1, -0.05) is 30.3 Å². The molecule has 1 amide bonds. The van der Waals surface area contributed by atoms with Crippen molar-refractivity contribution < 1.29 is 32.0 Å². The van der Waals surface area contributed by atoms with Gasteiger partial charge in [0.25, 0.3) is 5.91 Å². The number of benzene rings is 2. The molecule has 3 rings (SSSR count). The largest absolute Gasteiger partial charge is 0.450 e. The number of hydrogen-bond acceptors (Lipinski definition) is 7. The molecule has 0 aliphatic carbocycles. The number of carbonyl (C=O) groups is 3. The van der Waals surface area contributed by atoms with E-state index in [0.29, 0.717) is 28.1 Å². The molecular formula is C24H24N2O7S. The number of hydrogen-bond donors (Lipinski definition) is 1. The van der Waals surface area contributed by atoms with Crippen molar-refractivity contribution in [2.45, 2.75) is 18.7 Å². The maximum atomic E-state index is 12.3. The quantitative estimate of drug-likeness (QED) is 0.383. The molecule has 0 spiro atoms. The molecule has 34 heavy (non-hydrogen) atoms. The lowest BCUT2D eigenvalue weighted by atomic mass is 10.1. The lowest BCUT2D eigenvalue weighted by Crippen LogP contribution is -2.23. The Kier molecular flexibility index (Phi) is 7.33. The fraction of sp³-hybridized carbons (Fsp3) is 0.208. The summed E-state index contributed by atoms with van der Waals surface area (Å²) in [6.45, 7) is 2.59. The van der Waals surface area contributed by atoms with Crippen molar-refractivity contribution in [3.63, 3.8) is 0 Å². The Morgan fingerprint density at radius 2 is 1.68 bits per heavy atom. The van der Waals surface area contributed by atoms with Crippen LogP contribution < -0.4 is 5.32 Å². The normalized spacial score (nSPS) is 11.3. The molecule has 0 fully saturated rings. The van der Waals surface area contributed by atoms with E-state index >= 15 is 0 Å². The number of furan rings is 1. The molecule has 0 saturated heterocycles. The van der Waals surface area contributed by atoms with Gasteiger partial charge in [-0.05, 0) is 43.7 Å². The monoisotopic (exact) mass is 484 g/mol. The summed E-state index contributed by atoms with van der Waals surface area (Å²) >= 11 is 0. The van der Waals surface area contributed by atoms with Gasteiger partial charge in [-0.25, -0.2) is 17.5 Å². The molecule has 10 heteroatoms. The van der Waals surface area contributed by atoms with Gasteiger partial charge in [-0.3, -0.25) is 9.59 Å². The predicted molar refractivity (Wildman–Crippen MR) is 125 cm³/mol. The number of carbonyl (C=O) groups excluding carboxylic acids is 3. The van der Waals surface area contributed by atoms with Gasteiger partial charge in [0.1, 0.15) is 5.76 Å². The van der Waals surface area contributed by atoms with E-state index in [-0.39, 0.29) is 16.4 Å². The average Bonchev–Trinajstić information content (AvgIpc) is 3.29. The molecule has 0 aliphatic rings. The molecule has 1 heterocycles. The first kappa shape index (κ1) is 24.9. The van der Waals surface area contributed by atoms with Crippen LogP contribution in [0.3, 0.4) is 0 Å². The number of esters is 1. The van der Waals surface area contributed by atoms with Crippen LogP contribution in [0.5, 0.6) is 0 Å². The Bertz CT molecular complexity index is 1340. The molecule has 1 N–H and O–H groups in total. The highest BCUT2D eigenvalue weighted by Gasteiger charge is 2.20. The summed E-state index contributed by atoms with van der Waals surface area (Å²) < 4.78 is 36.3. The summed E-state index contributed by atoms with van der Waals surface area (Å²) in [6.07, 6.45) is 0. The molecule has 0 atom stereocenters. The Balaban J connectivity index is 1.63. The number of sulfonamides is 1. The van der Waals surface area contributed by atoms with Gasteiger partial charge in [0.05, 0.1) is 4.90 Å². The van der Waals surface area contributed by atoms with Crippen LogP contribution in [-0.2, 0) is 19.6 Å². The molecule has 0 radical (unpaired) electrons. The van der Waals surface area contributed by atoms with E-state index < -0.39 is 28.5 Å². The van der Waals surface area contributed by atoms with Gasteiger partial charge in [0.2, 0.25) is 15.8 Å². The van der Waals surface area contributed by atoms with Gasteiger partial charge in [-0.15, -0.1) is 0 Å². The van der Waals surface area contributed by atoms with Gasteiger partial charge >= 0.3 is 5.97 Å². The summed E-state index contributed by atoms with van der Waals surface area (Å²) in [5, 5.41) is 2.56. The number of anilines is 1. The van der Waals surface area contributed by atoms with Gasteiger partial charge < -0.3 is 14.5 Å². The second-order valence-corrected chi connectivity index (χ2v) is 9.84. The Morgan fingerprint density at radius 3 is 2.29 bits per heavy atom. The first-order valence-electron chi connectivity index (χ1n) is 10.2. The lowest BCUT2D eigenvalue weighted by Gasteiger charge is -2.14. The highest BCUT2D eigenvalue weighted by atomic mass is 32.2. The van der Waals surface area contributed by atoms with Crippen LogP contribution in [0.25, 0.3) is 11.3 Å². The van der Waals surface area contributed by atoms with Gasteiger partial charge in [0, 0.05) is 30.9 Å². The van der Waals surface area contributed by atoms with Crippen molar-refractivity contribution >= 4 is 33.4 Å². The van der Waals surface area contributed by atoms with Crippen molar-refractivity contribution in [2.24, 2.45) is 0 Å². The third-order valence-electron chi connectivity index (χ3n) is 4.98. The molecule has 0 unspecified atom stereocenters. The van der Waals surface area contributed by atoms with E-state index in [2.05, 4.69) is 5.32 Å². The van der Waals surface area contributed by atoms with E-state index in [1.54, 1.807) is 43.3 Å². The standard InChI is InChI=1S/C24H24N2O7S/c1-15-5-10-19(34(30,31)26(3)4)13-20(15)25-23(28)14-32-24(29)22-12-11-21(33-22)18-8-6-17(7-9-18)16(2)27/h5-13H,14H2,1-4H3,(H,25,28). The van der Waals surface area contributed by atoms with Crippen molar-refractivity contribution in [3.8, 4) is 11.3 Å². The molecule has 9 nitrogen and oxygen atoms in total.